The Kier molecular flexibility index (Phi) is 2.57. The van der Waals surface area contributed by atoms with Gasteiger partial charge in [0.15, 0.2) is 0 Å². The molecule has 0 aromatic carbocycles. The van der Waals surface area contributed by atoms with Gasteiger partial charge in [-0.1, -0.05) is 11.6 Å². The van der Waals surface area contributed by atoms with E-state index in [0.717, 1.165) is 9.61 Å². The molecule has 0 atom stereocenters. The lowest BCUT2D eigenvalue weighted by molar-refractivity contribution is 1.19. The molecule has 0 N–H and O–H groups in total. The highest BCUT2D eigenvalue weighted by Crippen LogP contribution is 2.24. The molecule has 0 radical (unpaired) electrons. The molecule has 0 amide bonds. The second kappa shape index (κ2) is 3.69. The number of nitrogens with zero attached hydrogens (tertiary/aromatic N) is 3. The molecule has 0 saturated carbocycles. The Hall–Kier alpha value is -0.520. The Morgan fingerprint density at radius 1 is 1.31 bits per heavy atom. The summed E-state index contributed by atoms with van der Waals surface area (Å²) in [5, 5.41) is 3.07. The van der Waals surface area contributed by atoms with E-state index in [4.69, 9.17) is 11.6 Å². The topological polar surface area (TPSA) is 38.7 Å². The van der Waals surface area contributed by atoms with Crippen LogP contribution in [0.2, 0.25) is 5.15 Å². The molecule has 0 fully saturated rings. The highest BCUT2D eigenvalue weighted by molar-refractivity contribution is 9.10. The van der Waals surface area contributed by atoms with E-state index in [1.165, 1.54) is 17.5 Å². The zero-order chi connectivity index (χ0) is 9.26. The maximum absolute atomic E-state index is 5.69. The summed E-state index contributed by atoms with van der Waals surface area (Å²) in [4.78, 5) is 12.2. The van der Waals surface area contributed by atoms with Crippen molar-refractivity contribution < 1.29 is 0 Å². The van der Waals surface area contributed by atoms with Gasteiger partial charge in [0.1, 0.15) is 20.5 Å². The fraction of sp³-hybridized carbons (Fsp3) is 0. The second-order valence-electron chi connectivity index (χ2n) is 2.20. The number of rotatable bonds is 1. The summed E-state index contributed by atoms with van der Waals surface area (Å²) in [7, 11) is 0. The van der Waals surface area contributed by atoms with E-state index in [0.29, 0.717) is 10.8 Å². The van der Waals surface area contributed by atoms with Crippen LogP contribution in [0.25, 0.3) is 10.7 Å². The van der Waals surface area contributed by atoms with Gasteiger partial charge in [-0.25, -0.2) is 9.97 Å². The molecule has 0 saturated heterocycles. The van der Waals surface area contributed by atoms with Crippen LogP contribution in [0, 0.1) is 0 Å². The predicted molar refractivity (Wildman–Crippen MR) is 55.9 cm³/mol. The van der Waals surface area contributed by atoms with Crippen molar-refractivity contribution in [2.45, 2.75) is 0 Å². The monoisotopic (exact) mass is 275 g/mol. The average molecular weight is 277 g/mol. The smallest absolute Gasteiger partial charge is 0.148 e. The molecule has 13 heavy (non-hydrogen) atoms. The third kappa shape index (κ3) is 2.04. The first-order valence-corrected chi connectivity index (χ1v) is 5.40. The SMILES string of the molecule is Clc1cncc(-c2nc(Br)cs2)n1. The first-order chi connectivity index (χ1) is 6.25. The van der Waals surface area contributed by atoms with Crippen molar-refractivity contribution in [2.75, 3.05) is 0 Å². The lowest BCUT2D eigenvalue weighted by Gasteiger charge is -1.93. The van der Waals surface area contributed by atoms with Gasteiger partial charge in [0, 0.05) is 5.38 Å². The summed E-state index contributed by atoms with van der Waals surface area (Å²) >= 11 is 10.5. The maximum atomic E-state index is 5.69. The highest BCUT2D eigenvalue weighted by Gasteiger charge is 2.04. The van der Waals surface area contributed by atoms with E-state index < -0.39 is 0 Å². The number of halogens is 2. The molecule has 0 unspecified atom stereocenters. The molecular formula is C7H3BrClN3S. The number of hydrogen-bond acceptors (Lipinski definition) is 4. The molecule has 66 valence electrons. The maximum Gasteiger partial charge on any atom is 0.148 e. The summed E-state index contributed by atoms with van der Waals surface area (Å²) in [5.41, 5.74) is 0.697. The van der Waals surface area contributed by atoms with Gasteiger partial charge in [-0.05, 0) is 15.9 Å². The van der Waals surface area contributed by atoms with Gasteiger partial charge in [0.2, 0.25) is 0 Å². The van der Waals surface area contributed by atoms with Crippen LogP contribution >= 0.6 is 38.9 Å². The van der Waals surface area contributed by atoms with Crippen molar-refractivity contribution in [1.29, 1.82) is 0 Å². The van der Waals surface area contributed by atoms with E-state index in [9.17, 15) is 0 Å². The highest BCUT2D eigenvalue weighted by atomic mass is 79.9. The zero-order valence-electron chi connectivity index (χ0n) is 6.24. The first kappa shape index (κ1) is 9.05. The van der Waals surface area contributed by atoms with Gasteiger partial charge < -0.3 is 0 Å². The van der Waals surface area contributed by atoms with Crippen molar-refractivity contribution in [1.82, 2.24) is 15.0 Å². The van der Waals surface area contributed by atoms with Crippen molar-refractivity contribution in [3.05, 3.63) is 27.5 Å². The van der Waals surface area contributed by atoms with Crippen LogP contribution in [0.15, 0.2) is 22.4 Å². The van der Waals surface area contributed by atoms with Crippen LogP contribution in [-0.4, -0.2) is 15.0 Å². The molecule has 0 aliphatic carbocycles. The Balaban J connectivity index is 2.46. The molecular weight excluding hydrogens is 274 g/mol. The number of thiazole rings is 1. The van der Waals surface area contributed by atoms with E-state index in [1.807, 2.05) is 5.38 Å². The minimum absolute atomic E-state index is 0.379. The molecule has 2 aromatic rings. The molecule has 0 aliphatic heterocycles. The van der Waals surface area contributed by atoms with Crippen LogP contribution in [0.5, 0.6) is 0 Å². The Morgan fingerprint density at radius 3 is 2.77 bits per heavy atom. The van der Waals surface area contributed by atoms with Gasteiger partial charge in [-0.2, -0.15) is 0 Å². The normalized spacial score (nSPS) is 10.3. The molecule has 2 rings (SSSR count). The minimum atomic E-state index is 0.379. The van der Waals surface area contributed by atoms with Crippen molar-refractivity contribution >= 4 is 38.9 Å². The minimum Gasteiger partial charge on any atom is -0.259 e. The van der Waals surface area contributed by atoms with Crippen molar-refractivity contribution in [3.8, 4) is 10.7 Å². The molecule has 3 nitrogen and oxygen atoms in total. The molecule has 2 heterocycles. The summed E-state index contributed by atoms with van der Waals surface area (Å²) in [6.07, 6.45) is 3.13. The van der Waals surface area contributed by atoms with Gasteiger partial charge in [-0.3, -0.25) is 4.98 Å². The third-order valence-electron chi connectivity index (χ3n) is 1.30. The summed E-state index contributed by atoms with van der Waals surface area (Å²) in [6, 6.07) is 0. The first-order valence-electron chi connectivity index (χ1n) is 3.34. The van der Waals surface area contributed by atoms with E-state index in [-0.39, 0.29) is 0 Å². The van der Waals surface area contributed by atoms with Crippen molar-refractivity contribution in [2.24, 2.45) is 0 Å². The third-order valence-corrected chi connectivity index (χ3v) is 3.06. The molecule has 0 bridgehead atoms. The summed E-state index contributed by atoms with van der Waals surface area (Å²) in [6.45, 7) is 0. The summed E-state index contributed by atoms with van der Waals surface area (Å²) in [5.74, 6) is 0. The van der Waals surface area contributed by atoms with E-state index >= 15 is 0 Å². The molecule has 2 aromatic heterocycles. The van der Waals surface area contributed by atoms with Crippen LogP contribution in [0.1, 0.15) is 0 Å². The number of aromatic nitrogens is 3. The van der Waals surface area contributed by atoms with Crippen LogP contribution < -0.4 is 0 Å². The summed E-state index contributed by atoms with van der Waals surface area (Å²) < 4.78 is 0.800. The Bertz CT molecular complexity index is 431. The quantitative estimate of drug-likeness (QED) is 0.803. The number of hydrogen-bond donors (Lipinski definition) is 0. The fourth-order valence-corrected chi connectivity index (χ4v) is 2.17. The van der Waals surface area contributed by atoms with Gasteiger partial charge in [0.05, 0.1) is 12.4 Å². The second-order valence-corrected chi connectivity index (χ2v) is 4.26. The van der Waals surface area contributed by atoms with Crippen LogP contribution in [0.3, 0.4) is 0 Å². The molecule has 0 aliphatic rings. The van der Waals surface area contributed by atoms with Crippen LogP contribution in [0.4, 0.5) is 0 Å². The lowest BCUT2D eigenvalue weighted by atomic mass is 10.5. The van der Waals surface area contributed by atoms with Gasteiger partial charge >= 0.3 is 0 Å². The standard InChI is InChI=1S/C7H3BrClN3S/c8-5-3-13-7(12-5)4-1-10-2-6(9)11-4/h1-3H. The van der Waals surface area contributed by atoms with Gasteiger partial charge in [0.25, 0.3) is 0 Å². The zero-order valence-corrected chi connectivity index (χ0v) is 9.40. The van der Waals surface area contributed by atoms with Crippen LogP contribution in [-0.2, 0) is 0 Å². The lowest BCUT2D eigenvalue weighted by Crippen LogP contribution is -1.84. The Labute approximate surface area is 92.0 Å². The van der Waals surface area contributed by atoms with E-state index in [1.54, 1.807) is 6.20 Å². The van der Waals surface area contributed by atoms with Gasteiger partial charge in [-0.15, -0.1) is 11.3 Å². The predicted octanol–water partition coefficient (Wildman–Crippen LogP) is 3.02. The Morgan fingerprint density at radius 2 is 2.15 bits per heavy atom. The molecule has 0 spiro atoms. The van der Waals surface area contributed by atoms with E-state index in [2.05, 4.69) is 30.9 Å². The van der Waals surface area contributed by atoms with Crippen molar-refractivity contribution in [3.63, 3.8) is 0 Å². The molecule has 6 heteroatoms. The fourth-order valence-electron chi connectivity index (χ4n) is 0.817. The largest absolute Gasteiger partial charge is 0.259 e. The average Bonchev–Trinajstić information content (AvgIpc) is 2.52.